The summed E-state index contributed by atoms with van der Waals surface area (Å²) in [6, 6.07) is 0. The summed E-state index contributed by atoms with van der Waals surface area (Å²) in [6.45, 7) is 7.20. The van der Waals surface area contributed by atoms with E-state index in [0.717, 1.165) is 24.2 Å². The van der Waals surface area contributed by atoms with Crippen LogP contribution in [-0.2, 0) is 6.54 Å². The van der Waals surface area contributed by atoms with Crippen LogP contribution in [0, 0.1) is 5.92 Å². The first-order chi connectivity index (χ1) is 10.9. The molecule has 1 saturated carbocycles. The molecule has 1 aromatic rings. The van der Waals surface area contributed by atoms with Crippen LogP contribution >= 0.6 is 0 Å². The van der Waals surface area contributed by atoms with Crippen LogP contribution in [0.15, 0.2) is 4.52 Å². The van der Waals surface area contributed by atoms with Crippen molar-refractivity contribution in [1.29, 1.82) is 0 Å². The Kier molecular flexibility index (Phi) is 4.44. The number of hydrogen-bond acceptors (Lipinski definition) is 5. The summed E-state index contributed by atoms with van der Waals surface area (Å²) in [5.41, 5.74) is 0. The lowest BCUT2D eigenvalue weighted by Gasteiger charge is -2.31. The number of aromatic nitrogens is 2. The first kappa shape index (κ1) is 14.6. The van der Waals surface area contributed by atoms with E-state index in [0.29, 0.717) is 5.92 Å². The van der Waals surface area contributed by atoms with Gasteiger partial charge in [0, 0.05) is 5.92 Å². The van der Waals surface area contributed by atoms with Gasteiger partial charge in [-0.3, -0.25) is 4.90 Å². The molecule has 0 unspecified atom stereocenters. The van der Waals surface area contributed by atoms with Gasteiger partial charge in [-0.1, -0.05) is 5.16 Å². The predicted molar refractivity (Wildman–Crippen MR) is 84.6 cm³/mol. The first-order valence-electron chi connectivity index (χ1n) is 9.14. The zero-order valence-corrected chi connectivity index (χ0v) is 13.5. The largest absolute Gasteiger partial charge is 0.338 e. The monoisotopic (exact) mass is 304 g/mol. The number of likely N-dealkylation sites (tertiary alicyclic amines) is 2. The van der Waals surface area contributed by atoms with E-state index in [1.807, 2.05) is 0 Å². The molecular formula is C17H28N4O. The number of nitrogens with zero attached hydrogens (tertiary/aromatic N) is 4. The van der Waals surface area contributed by atoms with Crippen molar-refractivity contribution in [2.24, 2.45) is 5.92 Å². The molecule has 5 heteroatoms. The van der Waals surface area contributed by atoms with Gasteiger partial charge in [-0.15, -0.1) is 0 Å². The van der Waals surface area contributed by atoms with Crippen LogP contribution in [0.3, 0.4) is 0 Å². The third kappa shape index (κ3) is 3.69. The van der Waals surface area contributed by atoms with Crippen molar-refractivity contribution in [3.05, 3.63) is 11.7 Å². The molecule has 3 aliphatic rings. The van der Waals surface area contributed by atoms with Crippen molar-refractivity contribution >= 4 is 0 Å². The van der Waals surface area contributed by atoms with E-state index < -0.39 is 0 Å². The minimum absolute atomic E-state index is 0.592. The minimum atomic E-state index is 0.592. The van der Waals surface area contributed by atoms with E-state index in [-0.39, 0.29) is 0 Å². The number of rotatable bonds is 6. The van der Waals surface area contributed by atoms with Crippen LogP contribution < -0.4 is 0 Å². The van der Waals surface area contributed by atoms with E-state index >= 15 is 0 Å². The highest BCUT2D eigenvalue weighted by molar-refractivity contribution is 5.03. The molecule has 0 bridgehead atoms. The molecule has 0 amide bonds. The molecule has 22 heavy (non-hydrogen) atoms. The second-order valence-corrected chi connectivity index (χ2v) is 7.38. The fourth-order valence-corrected chi connectivity index (χ4v) is 3.84. The fraction of sp³-hybridized carbons (Fsp3) is 0.882. The second-order valence-electron chi connectivity index (χ2n) is 7.38. The maximum Gasteiger partial charge on any atom is 0.240 e. The van der Waals surface area contributed by atoms with Gasteiger partial charge in [0.05, 0.1) is 6.54 Å². The third-order valence-electron chi connectivity index (χ3n) is 5.54. The second kappa shape index (κ2) is 6.67. The SMILES string of the molecule is C1CCN(CCC2CCN(Cc3nc(C4CC4)no3)CC2)C1. The summed E-state index contributed by atoms with van der Waals surface area (Å²) in [7, 11) is 0. The third-order valence-corrected chi connectivity index (χ3v) is 5.54. The molecular weight excluding hydrogens is 276 g/mol. The molecule has 0 radical (unpaired) electrons. The smallest absolute Gasteiger partial charge is 0.240 e. The topological polar surface area (TPSA) is 45.4 Å². The Bertz CT molecular complexity index is 471. The van der Waals surface area contributed by atoms with Crippen LogP contribution in [0.5, 0.6) is 0 Å². The van der Waals surface area contributed by atoms with E-state index in [1.54, 1.807) is 0 Å². The van der Waals surface area contributed by atoms with E-state index in [9.17, 15) is 0 Å². The first-order valence-corrected chi connectivity index (χ1v) is 9.14. The molecule has 0 N–H and O–H groups in total. The number of piperidine rings is 1. The predicted octanol–water partition coefficient (Wildman–Crippen LogP) is 2.64. The van der Waals surface area contributed by atoms with Gasteiger partial charge < -0.3 is 9.42 Å². The molecule has 2 aliphatic heterocycles. The van der Waals surface area contributed by atoms with Crippen molar-refractivity contribution in [1.82, 2.24) is 19.9 Å². The average Bonchev–Trinajstić information content (AvgIpc) is 3.07. The molecule has 0 spiro atoms. The normalized spacial score (nSPS) is 25.1. The van der Waals surface area contributed by atoms with Gasteiger partial charge in [-0.25, -0.2) is 0 Å². The fourth-order valence-electron chi connectivity index (χ4n) is 3.84. The summed E-state index contributed by atoms with van der Waals surface area (Å²) < 4.78 is 5.40. The Morgan fingerprint density at radius 2 is 1.73 bits per heavy atom. The van der Waals surface area contributed by atoms with Gasteiger partial charge in [0.15, 0.2) is 5.82 Å². The minimum Gasteiger partial charge on any atom is -0.338 e. The van der Waals surface area contributed by atoms with Crippen LogP contribution in [-0.4, -0.2) is 52.7 Å². The molecule has 3 heterocycles. The highest BCUT2D eigenvalue weighted by atomic mass is 16.5. The summed E-state index contributed by atoms with van der Waals surface area (Å²) in [5, 5.41) is 4.11. The lowest BCUT2D eigenvalue weighted by atomic mass is 9.93. The highest BCUT2D eigenvalue weighted by Gasteiger charge is 2.29. The molecule has 5 nitrogen and oxygen atoms in total. The lowest BCUT2D eigenvalue weighted by molar-refractivity contribution is 0.148. The average molecular weight is 304 g/mol. The Hall–Kier alpha value is -0.940. The Morgan fingerprint density at radius 3 is 2.45 bits per heavy atom. The molecule has 0 atom stereocenters. The van der Waals surface area contributed by atoms with E-state index in [4.69, 9.17) is 4.52 Å². The standard InChI is InChI=1S/C17H28N4O/c1-2-9-20(8-1)10-5-14-6-11-21(12-7-14)13-16-18-17(19-22-16)15-3-4-15/h14-15H,1-13H2. The van der Waals surface area contributed by atoms with Gasteiger partial charge in [-0.2, -0.15) is 4.98 Å². The van der Waals surface area contributed by atoms with Crippen molar-refractivity contribution in [2.45, 2.75) is 57.4 Å². The molecule has 4 rings (SSSR count). The van der Waals surface area contributed by atoms with Crippen molar-refractivity contribution in [2.75, 3.05) is 32.7 Å². The Labute approximate surface area is 133 Å². The van der Waals surface area contributed by atoms with Gasteiger partial charge in [0.25, 0.3) is 0 Å². The van der Waals surface area contributed by atoms with Crippen LogP contribution in [0.4, 0.5) is 0 Å². The lowest BCUT2D eigenvalue weighted by Crippen LogP contribution is -2.34. The molecule has 2 saturated heterocycles. The van der Waals surface area contributed by atoms with Crippen LogP contribution in [0.1, 0.15) is 62.6 Å². The maximum atomic E-state index is 5.40. The van der Waals surface area contributed by atoms with Gasteiger partial charge in [-0.05, 0) is 83.6 Å². The molecule has 1 aliphatic carbocycles. The van der Waals surface area contributed by atoms with Crippen LogP contribution in [0.2, 0.25) is 0 Å². The molecule has 3 fully saturated rings. The summed E-state index contributed by atoms with van der Waals surface area (Å²) in [5.74, 6) is 3.27. The zero-order chi connectivity index (χ0) is 14.8. The molecule has 122 valence electrons. The van der Waals surface area contributed by atoms with Crippen LogP contribution in [0.25, 0.3) is 0 Å². The van der Waals surface area contributed by atoms with Gasteiger partial charge in [0.1, 0.15) is 0 Å². The zero-order valence-electron chi connectivity index (χ0n) is 13.5. The van der Waals surface area contributed by atoms with Gasteiger partial charge >= 0.3 is 0 Å². The summed E-state index contributed by atoms with van der Waals surface area (Å²) in [6.07, 6.45) is 9.34. The quantitative estimate of drug-likeness (QED) is 0.808. The highest BCUT2D eigenvalue weighted by Crippen LogP contribution is 2.38. The molecule has 1 aromatic heterocycles. The maximum absolute atomic E-state index is 5.40. The van der Waals surface area contributed by atoms with Crippen molar-refractivity contribution in [3.8, 4) is 0 Å². The number of hydrogen-bond donors (Lipinski definition) is 0. The van der Waals surface area contributed by atoms with Crippen molar-refractivity contribution < 1.29 is 4.52 Å². The Morgan fingerprint density at radius 1 is 0.955 bits per heavy atom. The Balaban J connectivity index is 1.18. The van der Waals surface area contributed by atoms with E-state index in [1.165, 1.54) is 77.7 Å². The summed E-state index contributed by atoms with van der Waals surface area (Å²) in [4.78, 5) is 9.67. The summed E-state index contributed by atoms with van der Waals surface area (Å²) >= 11 is 0. The van der Waals surface area contributed by atoms with E-state index in [2.05, 4.69) is 19.9 Å². The molecule has 0 aromatic carbocycles. The van der Waals surface area contributed by atoms with Gasteiger partial charge in [0.2, 0.25) is 5.89 Å². The van der Waals surface area contributed by atoms with Crippen molar-refractivity contribution in [3.63, 3.8) is 0 Å².